The minimum Gasteiger partial charge on any atom is -0.350 e. The van der Waals surface area contributed by atoms with E-state index in [2.05, 4.69) is 17.6 Å². The van der Waals surface area contributed by atoms with Gasteiger partial charge in [0.05, 0.1) is 13.2 Å². The number of hydrogen-bond donors (Lipinski definition) is 0. The highest BCUT2D eigenvalue weighted by molar-refractivity contribution is 5.18. The Morgan fingerprint density at radius 1 is 1.30 bits per heavy atom. The average molecular weight is 277 g/mol. The molecule has 1 aliphatic carbocycles. The van der Waals surface area contributed by atoms with Gasteiger partial charge < -0.3 is 9.47 Å². The Morgan fingerprint density at radius 2 is 2.00 bits per heavy atom. The zero-order chi connectivity index (χ0) is 14.6. The lowest BCUT2D eigenvalue weighted by Gasteiger charge is -2.04. The molecule has 0 N–H and O–H groups in total. The van der Waals surface area contributed by atoms with Crippen molar-refractivity contribution in [2.24, 2.45) is 0 Å². The second-order valence-corrected chi connectivity index (χ2v) is 4.60. The zero-order valence-electron chi connectivity index (χ0n) is 12.8. The van der Waals surface area contributed by atoms with Gasteiger partial charge >= 0.3 is 0 Å². The lowest BCUT2D eigenvalue weighted by molar-refractivity contribution is -0.0457. The molecule has 1 saturated heterocycles. The van der Waals surface area contributed by atoms with Crippen molar-refractivity contribution in [2.45, 2.75) is 51.7 Å². The molecule has 1 aliphatic heterocycles. The smallest absolute Gasteiger partial charge is 0.158 e. The number of ether oxygens (including phenoxy) is 2. The fourth-order valence-corrected chi connectivity index (χ4v) is 1.86. The summed E-state index contributed by atoms with van der Waals surface area (Å²) >= 11 is 0. The number of hydrogen-bond acceptors (Lipinski definition) is 3. The van der Waals surface area contributed by atoms with Gasteiger partial charge in [0.15, 0.2) is 6.29 Å². The van der Waals surface area contributed by atoms with Crippen LogP contribution in [0.15, 0.2) is 37.2 Å². The molecule has 0 unspecified atom stereocenters. The van der Waals surface area contributed by atoms with Crippen LogP contribution in [0.3, 0.4) is 0 Å². The van der Waals surface area contributed by atoms with Gasteiger partial charge in [0, 0.05) is 18.8 Å². The van der Waals surface area contributed by atoms with Crippen molar-refractivity contribution in [3.8, 4) is 0 Å². The van der Waals surface area contributed by atoms with Crippen molar-refractivity contribution in [1.29, 1.82) is 0 Å². The van der Waals surface area contributed by atoms with Crippen LogP contribution in [0.5, 0.6) is 0 Å². The average Bonchev–Trinajstić information content (AvgIpc) is 3.26. The van der Waals surface area contributed by atoms with Crippen LogP contribution in [0, 0.1) is 0 Å². The Labute approximate surface area is 123 Å². The van der Waals surface area contributed by atoms with E-state index in [1.807, 2.05) is 38.4 Å². The summed E-state index contributed by atoms with van der Waals surface area (Å²) in [5.74, 6) is 0.846. The van der Waals surface area contributed by atoms with E-state index in [1.54, 1.807) is 0 Å². The second-order valence-electron chi connectivity index (χ2n) is 4.60. The van der Waals surface area contributed by atoms with Gasteiger partial charge in [-0.15, -0.1) is 6.58 Å². The molecule has 2 heterocycles. The van der Waals surface area contributed by atoms with E-state index < -0.39 is 0 Å². The Hall–Kier alpha value is -1.19. The summed E-state index contributed by atoms with van der Waals surface area (Å²) in [6, 6.07) is 4.16. The normalized spacial score (nSPS) is 17.5. The lowest BCUT2D eigenvalue weighted by atomic mass is 10.2. The molecule has 2 fully saturated rings. The predicted octanol–water partition coefficient (Wildman–Crippen LogP) is 4.31. The van der Waals surface area contributed by atoms with E-state index in [4.69, 9.17) is 9.47 Å². The molecule has 20 heavy (non-hydrogen) atoms. The van der Waals surface area contributed by atoms with Gasteiger partial charge in [-0.1, -0.05) is 26.0 Å². The van der Waals surface area contributed by atoms with Crippen LogP contribution in [0.4, 0.5) is 0 Å². The Bertz CT molecular complexity index is 343. The summed E-state index contributed by atoms with van der Waals surface area (Å²) in [7, 11) is 0. The van der Waals surface area contributed by atoms with Crippen molar-refractivity contribution in [2.75, 3.05) is 13.2 Å². The molecule has 0 bridgehead atoms. The fraction of sp³-hybridized carbons (Fsp3) is 0.588. The molecule has 0 spiro atoms. The molecule has 0 atom stereocenters. The molecule has 112 valence electrons. The summed E-state index contributed by atoms with van der Waals surface area (Å²) in [4.78, 5) is 4.05. The number of pyridine rings is 1. The third kappa shape index (κ3) is 6.83. The van der Waals surface area contributed by atoms with Crippen molar-refractivity contribution < 1.29 is 9.47 Å². The highest BCUT2D eigenvalue weighted by Gasteiger charge is 2.22. The fourth-order valence-electron chi connectivity index (χ4n) is 1.86. The number of allylic oxidation sites excluding steroid dienone is 1. The zero-order valence-corrected chi connectivity index (χ0v) is 12.8. The number of nitrogens with zero attached hydrogens (tertiary/aromatic N) is 1. The molecule has 1 saturated carbocycles. The first kappa shape index (κ1) is 16.9. The van der Waals surface area contributed by atoms with E-state index in [0.29, 0.717) is 0 Å². The largest absolute Gasteiger partial charge is 0.350 e. The molecule has 2 aliphatic rings. The van der Waals surface area contributed by atoms with Gasteiger partial charge in [-0.05, 0) is 36.8 Å². The van der Waals surface area contributed by atoms with Crippen LogP contribution in [0.25, 0.3) is 0 Å². The van der Waals surface area contributed by atoms with Gasteiger partial charge in [0.2, 0.25) is 0 Å². The van der Waals surface area contributed by atoms with E-state index in [0.717, 1.165) is 32.0 Å². The highest BCUT2D eigenvalue weighted by atomic mass is 16.7. The molecule has 0 amide bonds. The Kier molecular flexibility index (Phi) is 8.92. The Morgan fingerprint density at radius 3 is 2.50 bits per heavy atom. The van der Waals surface area contributed by atoms with E-state index >= 15 is 0 Å². The minimum absolute atomic E-state index is 0.0444. The van der Waals surface area contributed by atoms with Crippen LogP contribution >= 0.6 is 0 Å². The second kappa shape index (κ2) is 10.6. The summed E-state index contributed by atoms with van der Waals surface area (Å²) in [5, 5.41) is 0. The molecule has 3 nitrogen and oxygen atoms in total. The van der Waals surface area contributed by atoms with Crippen molar-refractivity contribution >= 4 is 0 Å². The van der Waals surface area contributed by atoms with Gasteiger partial charge in [-0.3, -0.25) is 4.98 Å². The van der Waals surface area contributed by atoms with Crippen molar-refractivity contribution in [1.82, 2.24) is 4.98 Å². The first-order chi connectivity index (χ1) is 9.90. The summed E-state index contributed by atoms with van der Waals surface area (Å²) in [6.45, 7) is 9.11. The molecule has 0 aromatic carbocycles. The van der Waals surface area contributed by atoms with Crippen LogP contribution in [0.2, 0.25) is 0 Å². The number of aromatic nitrogens is 1. The maximum absolute atomic E-state index is 5.18. The topological polar surface area (TPSA) is 31.4 Å². The third-order valence-electron chi connectivity index (χ3n) is 3.03. The first-order valence-corrected chi connectivity index (χ1v) is 7.64. The first-order valence-electron chi connectivity index (χ1n) is 7.64. The van der Waals surface area contributed by atoms with Crippen LogP contribution in [-0.2, 0) is 9.47 Å². The van der Waals surface area contributed by atoms with E-state index in [1.165, 1.54) is 18.4 Å². The summed E-state index contributed by atoms with van der Waals surface area (Å²) in [6.07, 6.45) is 10.4. The van der Waals surface area contributed by atoms with Crippen molar-refractivity contribution in [3.63, 3.8) is 0 Å². The highest BCUT2D eigenvalue weighted by Crippen LogP contribution is 2.39. The Balaban J connectivity index is 0.000000178. The molecule has 3 heteroatoms. The lowest BCUT2D eigenvalue weighted by Crippen LogP contribution is -2.05. The van der Waals surface area contributed by atoms with Gasteiger partial charge in [-0.2, -0.15) is 0 Å². The molecular formula is C17H27NO2. The van der Waals surface area contributed by atoms with Crippen molar-refractivity contribution in [3.05, 3.63) is 42.7 Å². The SMILES string of the molecule is C=CCCC1OCCO1.CC.c1cncc(C2CC2)c1. The maximum Gasteiger partial charge on any atom is 0.158 e. The standard InChI is InChI=1S/C8H9N.C7H12O2.C2H6/c1-2-8(6-9-5-1)7-3-4-7;1-2-3-4-7-8-5-6-9-7;1-2/h1-2,5-7H,3-4H2;2,7H,1,3-6H2;1-2H3. The molecule has 1 aromatic heterocycles. The maximum atomic E-state index is 5.18. The molecule has 1 aromatic rings. The van der Waals surface area contributed by atoms with Gasteiger partial charge in [0.25, 0.3) is 0 Å². The molecular weight excluding hydrogens is 250 g/mol. The van der Waals surface area contributed by atoms with Crippen LogP contribution in [0.1, 0.15) is 51.0 Å². The van der Waals surface area contributed by atoms with E-state index in [9.17, 15) is 0 Å². The predicted molar refractivity (Wildman–Crippen MR) is 82.7 cm³/mol. The molecule has 0 radical (unpaired) electrons. The van der Waals surface area contributed by atoms with E-state index in [-0.39, 0.29) is 6.29 Å². The quantitative estimate of drug-likeness (QED) is 0.768. The monoisotopic (exact) mass is 277 g/mol. The van der Waals surface area contributed by atoms with Gasteiger partial charge in [0.1, 0.15) is 0 Å². The number of rotatable bonds is 4. The summed E-state index contributed by atoms with van der Waals surface area (Å²) in [5.41, 5.74) is 1.41. The van der Waals surface area contributed by atoms with Crippen LogP contribution in [-0.4, -0.2) is 24.5 Å². The third-order valence-corrected chi connectivity index (χ3v) is 3.03. The van der Waals surface area contributed by atoms with Gasteiger partial charge in [-0.25, -0.2) is 0 Å². The van der Waals surface area contributed by atoms with Crippen LogP contribution < -0.4 is 0 Å². The summed E-state index contributed by atoms with van der Waals surface area (Å²) < 4.78 is 10.4. The molecule has 3 rings (SSSR count). The minimum atomic E-state index is 0.0444.